The van der Waals surface area contributed by atoms with Gasteiger partial charge in [0.2, 0.25) is 5.91 Å². The highest BCUT2D eigenvalue weighted by molar-refractivity contribution is 6.11. The fraction of sp³-hybridized carbons (Fsp3) is 0.524. The van der Waals surface area contributed by atoms with E-state index in [1.54, 1.807) is 12.1 Å². The Hall–Kier alpha value is -2.70. The van der Waals surface area contributed by atoms with Gasteiger partial charge in [-0.1, -0.05) is 44.0 Å². The van der Waals surface area contributed by atoms with E-state index in [2.05, 4.69) is 10.6 Å². The molecule has 0 radical (unpaired) electrons. The van der Waals surface area contributed by atoms with Gasteiger partial charge in [-0.05, 0) is 30.7 Å². The molecule has 1 saturated heterocycles. The third kappa shape index (κ3) is 3.93. The Morgan fingerprint density at radius 1 is 1.21 bits per heavy atom. The normalized spacial score (nSPS) is 24.4. The van der Waals surface area contributed by atoms with Gasteiger partial charge < -0.3 is 10.6 Å². The van der Waals surface area contributed by atoms with Crippen molar-refractivity contribution in [1.82, 2.24) is 15.5 Å². The quantitative estimate of drug-likeness (QED) is 0.579. The number of nitrogens with zero attached hydrogens (tertiary/aromatic N) is 1. The van der Waals surface area contributed by atoms with Gasteiger partial charge in [-0.25, -0.2) is 4.79 Å². The van der Waals surface area contributed by atoms with Crippen molar-refractivity contribution in [3.8, 4) is 0 Å². The number of carbonyl (C=O) groups is 4. The van der Waals surface area contributed by atoms with Crippen LogP contribution < -0.4 is 10.6 Å². The van der Waals surface area contributed by atoms with Gasteiger partial charge in [-0.3, -0.25) is 19.3 Å². The Bertz CT molecular complexity index is 789. The topological polar surface area (TPSA) is 95.6 Å². The summed E-state index contributed by atoms with van der Waals surface area (Å²) in [5.74, 6) is -0.548. The molecule has 2 aliphatic rings. The zero-order valence-corrected chi connectivity index (χ0v) is 16.4. The summed E-state index contributed by atoms with van der Waals surface area (Å²) in [6.07, 6.45) is 4.15. The van der Waals surface area contributed by atoms with Gasteiger partial charge in [0.25, 0.3) is 5.91 Å². The van der Waals surface area contributed by atoms with Gasteiger partial charge in [0.05, 0.1) is 6.54 Å². The van der Waals surface area contributed by atoms with Crippen molar-refractivity contribution in [3.05, 3.63) is 35.4 Å². The summed E-state index contributed by atoms with van der Waals surface area (Å²) in [6.45, 7) is 3.74. The highest BCUT2D eigenvalue weighted by Gasteiger charge is 2.55. The number of Topliss-reactive ketones (excluding diaryl/α,β-unsaturated/α-hetero) is 1. The molecule has 4 amide bonds. The summed E-state index contributed by atoms with van der Waals surface area (Å²) in [7, 11) is 0. The van der Waals surface area contributed by atoms with Crippen LogP contribution in [0.4, 0.5) is 4.79 Å². The van der Waals surface area contributed by atoms with Crippen molar-refractivity contribution >= 4 is 23.6 Å². The SMILES string of the molecule is CC(=O)NCCc1ccc(C(=O)CN2C(=O)NC3(CCCCC3C)C2=O)cc1. The van der Waals surface area contributed by atoms with E-state index in [1.165, 1.54) is 6.92 Å². The Kier molecular flexibility index (Phi) is 5.82. The maximum atomic E-state index is 13.0. The average Bonchev–Trinajstić information content (AvgIpc) is 2.89. The summed E-state index contributed by atoms with van der Waals surface area (Å²) in [4.78, 5) is 50.0. The van der Waals surface area contributed by atoms with Gasteiger partial charge >= 0.3 is 6.03 Å². The third-order valence-electron chi connectivity index (χ3n) is 5.87. The lowest BCUT2D eigenvalue weighted by Crippen LogP contribution is -2.54. The molecule has 1 aliphatic carbocycles. The summed E-state index contributed by atoms with van der Waals surface area (Å²) in [5.41, 5.74) is 0.611. The molecule has 2 atom stereocenters. The molecule has 7 nitrogen and oxygen atoms in total. The minimum Gasteiger partial charge on any atom is -0.356 e. The number of hydrogen-bond acceptors (Lipinski definition) is 4. The number of rotatable bonds is 6. The minimum absolute atomic E-state index is 0.0701. The van der Waals surface area contributed by atoms with Crippen LogP contribution in [0, 0.1) is 5.92 Å². The third-order valence-corrected chi connectivity index (χ3v) is 5.87. The predicted molar refractivity (Wildman–Crippen MR) is 104 cm³/mol. The van der Waals surface area contributed by atoms with Crippen molar-refractivity contribution < 1.29 is 19.2 Å². The van der Waals surface area contributed by atoms with Crippen LogP contribution in [0.1, 0.15) is 55.5 Å². The molecule has 1 aromatic rings. The number of amides is 4. The lowest BCUT2D eigenvalue weighted by molar-refractivity contribution is -0.133. The molecule has 1 aliphatic heterocycles. The molecule has 28 heavy (non-hydrogen) atoms. The molecule has 1 saturated carbocycles. The van der Waals surface area contributed by atoms with Crippen LogP contribution in [-0.2, 0) is 16.0 Å². The Morgan fingerprint density at radius 2 is 1.93 bits per heavy atom. The molecule has 1 heterocycles. The van der Waals surface area contributed by atoms with Gasteiger partial charge in [-0.2, -0.15) is 0 Å². The molecule has 0 bridgehead atoms. The molecular weight excluding hydrogens is 358 g/mol. The number of urea groups is 1. The molecule has 2 fully saturated rings. The first kappa shape index (κ1) is 20.0. The van der Waals surface area contributed by atoms with Crippen LogP contribution in [0.5, 0.6) is 0 Å². The van der Waals surface area contributed by atoms with E-state index in [0.717, 1.165) is 29.7 Å². The van der Waals surface area contributed by atoms with Crippen LogP contribution >= 0.6 is 0 Å². The number of imide groups is 1. The lowest BCUT2D eigenvalue weighted by atomic mass is 9.73. The summed E-state index contributed by atoms with van der Waals surface area (Å²) < 4.78 is 0. The van der Waals surface area contributed by atoms with Crippen molar-refractivity contribution in [2.45, 2.75) is 51.5 Å². The Balaban J connectivity index is 1.63. The molecule has 1 spiro atoms. The van der Waals surface area contributed by atoms with E-state index in [9.17, 15) is 19.2 Å². The first-order valence-electron chi connectivity index (χ1n) is 9.84. The number of carbonyl (C=O) groups excluding carboxylic acids is 4. The largest absolute Gasteiger partial charge is 0.356 e. The van der Waals surface area contributed by atoms with Gasteiger partial charge in [-0.15, -0.1) is 0 Å². The monoisotopic (exact) mass is 385 g/mol. The van der Waals surface area contributed by atoms with Crippen LogP contribution in [0.3, 0.4) is 0 Å². The lowest BCUT2D eigenvalue weighted by Gasteiger charge is -2.36. The highest BCUT2D eigenvalue weighted by Crippen LogP contribution is 2.38. The van der Waals surface area contributed by atoms with Crippen LogP contribution in [0.15, 0.2) is 24.3 Å². The number of ketones is 1. The predicted octanol–water partition coefficient (Wildman–Crippen LogP) is 2.05. The molecule has 2 unspecified atom stereocenters. The second-order valence-corrected chi connectivity index (χ2v) is 7.79. The van der Waals surface area contributed by atoms with E-state index in [0.29, 0.717) is 24.9 Å². The maximum Gasteiger partial charge on any atom is 0.325 e. The molecular formula is C21H27N3O4. The van der Waals surface area contributed by atoms with E-state index in [4.69, 9.17) is 0 Å². The standard InChI is InChI=1S/C21H27N3O4/c1-14-5-3-4-11-21(14)19(27)24(20(28)23-21)13-18(26)17-8-6-16(7-9-17)10-12-22-15(2)25/h6-9,14H,3-5,10-13H2,1-2H3,(H,22,25)(H,23,28). The van der Waals surface area contributed by atoms with Crippen molar-refractivity contribution in [3.63, 3.8) is 0 Å². The second-order valence-electron chi connectivity index (χ2n) is 7.79. The van der Waals surface area contributed by atoms with E-state index in [1.807, 2.05) is 19.1 Å². The van der Waals surface area contributed by atoms with Crippen molar-refractivity contribution in [2.75, 3.05) is 13.1 Å². The smallest absolute Gasteiger partial charge is 0.325 e. The number of hydrogen-bond donors (Lipinski definition) is 2. The van der Waals surface area contributed by atoms with Crippen molar-refractivity contribution in [2.24, 2.45) is 5.92 Å². The molecule has 3 rings (SSSR count). The fourth-order valence-corrected chi connectivity index (χ4v) is 4.11. The zero-order valence-electron chi connectivity index (χ0n) is 16.4. The Morgan fingerprint density at radius 3 is 2.57 bits per heavy atom. The van der Waals surface area contributed by atoms with E-state index >= 15 is 0 Å². The van der Waals surface area contributed by atoms with E-state index in [-0.39, 0.29) is 30.1 Å². The van der Waals surface area contributed by atoms with Gasteiger partial charge in [0.1, 0.15) is 5.54 Å². The minimum atomic E-state index is -0.844. The number of nitrogens with one attached hydrogen (secondary N) is 2. The first-order valence-corrected chi connectivity index (χ1v) is 9.84. The average molecular weight is 385 g/mol. The Labute approximate surface area is 164 Å². The van der Waals surface area contributed by atoms with Gasteiger partial charge in [0.15, 0.2) is 5.78 Å². The van der Waals surface area contributed by atoms with Crippen LogP contribution in [0.2, 0.25) is 0 Å². The molecule has 150 valence electrons. The first-order chi connectivity index (χ1) is 13.3. The van der Waals surface area contributed by atoms with Crippen LogP contribution in [0.25, 0.3) is 0 Å². The molecule has 0 aromatic heterocycles. The summed E-state index contributed by atoms with van der Waals surface area (Å²) >= 11 is 0. The fourth-order valence-electron chi connectivity index (χ4n) is 4.11. The molecule has 2 N–H and O–H groups in total. The second kappa shape index (κ2) is 8.12. The van der Waals surface area contributed by atoms with Gasteiger partial charge in [0, 0.05) is 19.0 Å². The zero-order chi connectivity index (χ0) is 20.3. The molecule has 1 aromatic carbocycles. The summed E-state index contributed by atoms with van der Waals surface area (Å²) in [6, 6.07) is 6.57. The highest BCUT2D eigenvalue weighted by atomic mass is 16.2. The number of benzene rings is 1. The maximum absolute atomic E-state index is 13.0. The van der Waals surface area contributed by atoms with E-state index < -0.39 is 11.6 Å². The summed E-state index contributed by atoms with van der Waals surface area (Å²) in [5, 5.41) is 5.59. The van der Waals surface area contributed by atoms with Crippen LogP contribution in [-0.4, -0.2) is 47.2 Å². The molecule has 7 heteroatoms. The van der Waals surface area contributed by atoms with Crippen molar-refractivity contribution in [1.29, 1.82) is 0 Å².